The molecule has 0 aliphatic heterocycles. The first-order chi connectivity index (χ1) is 9.55. The minimum atomic E-state index is -0.209. The van der Waals surface area contributed by atoms with Gasteiger partial charge in [-0.3, -0.25) is 0 Å². The van der Waals surface area contributed by atoms with Crippen molar-refractivity contribution in [3.05, 3.63) is 35.4 Å². The molecule has 1 unspecified atom stereocenters. The molecule has 1 fully saturated rings. The van der Waals surface area contributed by atoms with Crippen molar-refractivity contribution in [1.82, 2.24) is 0 Å². The molecule has 1 aliphatic carbocycles. The lowest BCUT2D eigenvalue weighted by Crippen LogP contribution is -2.29. The molecule has 0 N–H and O–H groups in total. The molecule has 0 radical (unpaired) electrons. The number of benzene rings is 1. The number of rotatable bonds is 7. The van der Waals surface area contributed by atoms with Gasteiger partial charge in [-0.15, -0.1) is 0 Å². The van der Waals surface area contributed by atoms with Crippen molar-refractivity contribution < 1.29 is 4.74 Å². The van der Waals surface area contributed by atoms with E-state index >= 15 is 0 Å². The molecule has 1 atom stereocenters. The third-order valence-electron chi connectivity index (χ3n) is 4.61. The first-order valence-corrected chi connectivity index (χ1v) is 8.97. The van der Waals surface area contributed by atoms with E-state index in [0.717, 1.165) is 17.9 Å². The second-order valence-electron chi connectivity index (χ2n) is 6.58. The summed E-state index contributed by atoms with van der Waals surface area (Å²) in [6.07, 6.45) is 5.43. The Morgan fingerprint density at radius 3 is 2.35 bits per heavy atom. The summed E-state index contributed by atoms with van der Waals surface area (Å²) in [6, 6.07) is 8.91. The van der Waals surface area contributed by atoms with Gasteiger partial charge in [-0.05, 0) is 36.3 Å². The first-order valence-electron chi connectivity index (χ1n) is 7.85. The number of halogens is 1. The molecule has 2 rings (SSSR count). The Labute approximate surface area is 132 Å². The van der Waals surface area contributed by atoms with Crippen LogP contribution in [0.25, 0.3) is 0 Å². The predicted molar refractivity (Wildman–Crippen MR) is 89.6 cm³/mol. The van der Waals surface area contributed by atoms with Gasteiger partial charge in [0.25, 0.3) is 0 Å². The van der Waals surface area contributed by atoms with Gasteiger partial charge < -0.3 is 4.74 Å². The fourth-order valence-electron chi connectivity index (χ4n) is 2.65. The van der Waals surface area contributed by atoms with Crippen molar-refractivity contribution in [1.29, 1.82) is 0 Å². The van der Waals surface area contributed by atoms with E-state index in [1.165, 1.54) is 36.8 Å². The molecule has 1 aromatic carbocycles. The molecular weight excluding hydrogens is 312 g/mol. The Morgan fingerprint density at radius 1 is 1.25 bits per heavy atom. The van der Waals surface area contributed by atoms with Gasteiger partial charge in [0.2, 0.25) is 0 Å². The second kappa shape index (κ2) is 7.09. The molecule has 0 bridgehead atoms. The van der Waals surface area contributed by atoms with E-state index in [1.807, 2.05) is 0 Å². The van der Waals surface area contributed by atoms with Gasteiger partial charge in [-0.25, -0.2) is 0 Å². The molecule has 0 amide bonds. The maximum atomic E-state index is 6.22. The van der Waals surface area contributed by atoms with Gasteiger partial charge in [0.15, 0.2) is 0 Å². The third kappa shape index (κ3) is 3.85. The van der Waals surface area contributed by atoms with Crippen LogP contribution in [0, 0.1) is 5.92 Å². The zero-order valence-electron chi connectivity index (χ0n) is 13.0. The van der Waals surface area contributed by atoms with E-state index < -0.39 is 0 Å². The van der Waals surface area contributed by atoms with E-state index in [1.54, 1.807) is 0 Å². The van der Waals surface area contributed by atoms with Gasteiger partial charge in [-0.2, -0.15) is 0 Å². The minimum Gasteiger partial charge on any atom is -0.370 e. The first kappa shape index (κ1) is 16.0. The zero-order valence-corrected chi connectivity index (χ0v) is 14.6. The van der Waals surface area contributed by atoms with Crippen molar-refractivity contribution in [2.24, 2.45) is 5.92 Å². The van der Waals surface area contributed by atoms with Crippen molar-refractivity contribution >= 4 is 15.9 Å². The van der Waals surface area contributed by atoms with Crippen molar-refractivity contribution in [3.63, 3.8) is 0 Å². The van der Waals surface area contributed by atoms with Crippen molar-refractivity contribution in [2.75, 3.05) is 11.9 Å². The van der Waals surface area contributed by atoms with Crippen molar-refractivity contribution in [3.8, 4) is 0 Å². The van der Waals surface area contributed by atoms with Crippen LogP contribution in [-0.2, 0) is 10.3 Å². The summed E-state index contributed by atoms with van der Waals surface area (Å²) in [5, 5.41) is 0.839. The van der Waals surface area contributed by atoms with Crippen LogP contribution in [0.15, 0.2) is 24.3 Å². The van der Waals surface area contributed by atoms with E-state index in [2.05, 4.69) is 61.0 Å². The summed E-state index contributed by atoms with van der Waals surface area (Å²) < 4.78 is 6.22. The summed E-state index contributed by atoms with van der Waals surface area (Å²) >= 11 is 3.63. The number of alkyl halides is 1. The van der Waals surface area contributed by atoms with Crippen LogP contribution in [0.4, 0.5) is 0 Å². The Bertz CT molecular complexity index is 408. The normalized spacial score (nSPS) is 18.9. The molecule has 1 aliphatic rings. The van der Waals surface area contributed by atoms with Crippen LogP contribution >= 0.6 is 15.9 Å². The largest absolute Gasteiger partial charge is 0.370 e. The second-order valence-corrected chi connectivity index (χ2v) is 7.14. The van der Waals surface area contributed by atoms with Gasteiger partial charge >= 0.3 is 0 Å². The Kier molecular flexibility index (Phi) is 5.68. The lowest BCUT2D eigenvalue weighted by Gasteiger charge is -2.31. The third-order valence-corrected chi connectivity index (χ3v) is 5.68. The smallest absolute Gasteiger partial charge is 0.0999 e. The van der Waals surface area contributed by atoms with Gasteiger partial charge in [0, 0.05) is 11.9 Å². The van der Waals surface area contributed by atoms with Crippen LogP contribution < -0.4 is 0 Å². The monoisotopic (exact) mass is 338 g/mol. The van der Waals surface area contributed by atoms with Crippen LogP contribution in [0.1, 0.15) is 63.5 Å². The molecule has 0 spiro atoms. The lowest BCUT2D eigenvalue weighted by molar-refractivity contribution is -0.0265. The Hall–Kier alpha value is -0.340. The maximum Gasteiger partial charge on any atom is 0.0999 e. The van der Waals surface area contributed by atoms with Crippen molar-refractivity contribution in [2.45, 2.75) is 58.0 Å². The highest BCUT2D eigenvalue weighted by Gasteiger charge is 2.27. The van der Waals surface area contributed by atoms with Gasteiger partial charge in [0.1, 0.15) is 0 Å². The fourth-order valence-corrected chi connectivity index (χ4v) is 3.14. The summed E-state index contributed by atoms with van der Waals surface area (Å²) in [7, 11) is 0. The molecule has 1 aromatic rings. The van der Waals surface area contributed by atoms with Crippen LogP contribution in [0.5, 0.6) is 0 Å². The quantitative estimate of drug-likeness (QED) is 0.585. The van der Waals surface area contributed by atoms with Crippen LogP contribution in [-0.4, -0.2) is 11.9 Å². The highest BCUT2D eigenvalue weighted by atomic mass is 79.9. The molecule has 1 nitrogen and oxygen atoms in total. The van der Waals surface area contributed by atoms with Crippen LogP contribution in [0.2, 0.25) is 0 Å². The van der Waals surface area contributed by atoms with E-state index in [4.69, 9.17) is 4.74 Å². The molecule has 2 heteroatoms. The minimum absolute atomic E-state index is 0.209. The van der Waals surface area contributed by atoms with Crippen LogP contribution in [0.3, 0.4) is 0 Å². The standard InChI is InChI=1S/C18H27BrO/c1-14(2)16-7-9-17(10-8-16)18(3,13-19)20-12-11-15-5-4-6-15/h7-10,14-15H,4-6,11-13H2,1-3H3. The molecule has 0 aromatic heterocycles. The highest BCUT2D eigenvalue weighted by molar-refractivity contribution is 9.09. The summed E-state index contributed by atoms with van der Waals surface area (Å²) in [6.45, 7) is 7.52. The SMILES string of the molecule is CC(C)c1ccc(C(C)(CBr)OCCC2CCC2)cc1. The molecule has 0 saturated heterocycles. The molecular formula is C18H27BrO. The molecule has 112 valence electrons. The van der Waals surface area contributed by atoms with E-state index in [-0.39, 0.29) is 5.60 Å². The molecule has 1 saturated carbocycles. The van der Waals surface area contributed by atoms with E-state index in [0.29, 0.717) is 5.92 Å². The highest BCUT2D eigenvalue weighted by Crippen LogP contribution is 2.32. The lowest BCUT2D eigenvalue weighted by atomic mass is 9.83. The van der Waals surface area contributed by atoms with E-state index in [9.17, 15) is 0 Å². The van der Waals surface area contributed by atoms with Gasteiger partial charge in [-0.1, -0.05) is 73.3 Å². The summed E-state index contributed by atoms with van der Waals surface area (Å²) in [5.74, 6) is 1.50. The Morgan fingerprint density at radius 2 is 1.90 bits per heavy atom. The molecule has 0 heterocycles. The average molecular weight is 339 g/mol. The number of ether oxygens (including phenoxy) is 1. The average Bonchev–Trinajstić information content (AvgIpc) is 2.41. The predicted octanol–water partition coefficient (Wildman–Crippen LogP) is 5.63. The zero-order chi connectivity index (χ0) is 14.6. The summed E-state index contributed by atoms with van der Waals surface area (Å²) in [5.41, 5.74) is 2.45. The topological polar surface area (TPSA) is 9.23 Å². The Balaban J connectivity index is 1.96. The number of hydrogen-bond acceptors (Lipinski definition) is 1. The maximum absolute atomic E-state index is 6.22. The van der Waals surface area contributed by atoms with Gasteiger partial charge in [0.05, 0.1) is 5.60 Å². The number of hydrogen-bond donors (Lipinski definition) is 0. The fraction of sp³-hybridized carbons (Fsp3) is 0.667. The molecule has 20 heavy (non-hydrogen) atoms. The summed E-state index contributed by atoms with van der Waals surface area (Å²) in [4.78, 5) is 0.